The van der Waals surface area contributed by atoms with E-state index in [4.69, 9.17) is 23.2 Å². The molecule has 0 saturated carbocycles. The Morgan fingerprint density at radius 3 is 2.63 bits per heavy atom. The number of fused-ring (bicyclic) bond motifs is 1. The molecule has 1 aromatic heterocycles. The summed E-state index contributed by atoms with van der Waals surface area (Å²) in [6, 6.07) is 13.6. The third-order valence-corrected chi connectivity index (χ3v) is 5.70. The molecule has 0 aliphatic carbocycles. The van der Waals surface area contributed by atoms with Crippen molar-refractivity contribution in [3.8, 4) is 0 Å². The number of halogens is 3. The van der Waals surface area contributed by atoms with E-state index >= 15 is 0 Å². The first kappa shape index (κ1) is 18.1. The molecular weight excluding hydrogens is 386 g/mol. The maximum atomic E-state index is 13.6. The van der Waals surface area contributed by atoms with Crippen LogP contribution in [0.4, 0.5) is 4.39 Å². The number of nitrogens with zero attached hydrogens (tertiary/aromatic N) is 2. The van der Waals surface area contributed by atoms with Gasteiger partial charge in [0.2, 0.25) is 0 Å². The zero-order valence-corrected chi connectivity index (χ0v) is 16.1. The highest BCUT2D eigenvalue weighted by Gasteiger charge is 2.33. The monoisotopic (exact) mass is 402 g/mol. The Kier molecular flexibility index (Phi) is 4.70. The minimum atomic E-state index is -0.319. The summed E-state index contributed by atoms with van der Waals surface area (Å²) in [5.74, 6) is -0.457. The van der Waals surface area contributed by atoms with Gasteiger partial charge in [-0.2, -0.15) is 0 Å². The van der Waals surface area contributed by atoms with E-state index in [1.54, 1.807) is 25.1 Å². The SMILES string of the molecule is Cc1cc(C(=O)N2CCn3cccc3[C@@H]2c2ccc(Cl)c(Cl)c2)ccc1F. The molecule has 0 bridgehead atoms. The predicted molar refractivity (Wildman–Crippen MR) is 105 cm³/mol. The summed E-state index contributed by atoms with van der Waals surface area (Å²) in [6.45, 7) is 2.90. The number of aryl methyl sites for hydroxylation is 1. The van der Waals surface area contributed by atoms with E-state index in [-0.39, 0.29) is 17.8 Å². The summed E-state index contributed by atoms with van der Waals surface area (Å²) >= 11 is 12.3. The van der Waals surface area contributed by atoms with Crippen molar-refractivity contribution >= 4 is 29.1 Å². The second-order valence-electron chi connectivity index (χ2n) is 6.67. The van der Waals surface area contributed by atoms with E-state index in [2.05, 4.69) is 4.57 Å². The molecule has 0 radical (unpaired) electrons. The maximum absolute atomic E-state index is 13.6. The van der Waals surface area contributed by atoms with Crippen LogP contribution in [-0.2, 0) is 6.54 Å². The second-order valence-corrected chi connectivity index (χ2v) is 7.48. The van der Waals surface area contributed by atoms with Crippen LogP contribution in [0.3, 0.4) is 0 Å². The maximum Gasteiger partial charge on any atom is 0.254 e. The lowest BCUT2D eigenvalue weighted by atomic mass is 9.98. The second kappa shape index (κ2) is 7.02. The Balaban J connectivity index is 1.79. The Morgan fingerprint density at radius 2 is 1.89 bits per heavy atom. The highest BCUT2D eigenvalue weighted by atomic mass is 35.5. The zero-order valence-electron chi connectivity index (χ0n) is 14.6. The molecule has 4 rings (SSSR count). The number of carbonyl (C=O) groups is 1. The van der Waals surface area contributed by atoms with Crippen LogP contribution in [0.15, 0.2) is 54.7 Å². The van der Waals surface area contributed by atoms with Crippen molar-refractivity contribution in [1.29, 1.82) is 0 Å². The molecule has 0 spiro atoms. The van der Waals surface area contributed by atoms with Gasteiger partial charge in [-0.25, -0.2) is 4.39 Å². The third-order valence-electron chi connectivity index (χ3n) is 4.96. The Hall–Kier alpha value is -2.30. The van der Waals surface area contributed by atoms with Crippen molar-refractivity contribution in [1.82, 2.24) is 9.47 Å². The normalized spacial score (nSPS) is 16.3. The molecule has 6 heteroatoms. The molecule has 1 aliphatic heterocycles. The molecule has 1 aliphatic rings. The number of amides is 1. The number of hydrogen-bond acceptors (Lipinski definition) is 1. The van der Waals surface area contributed by atoms with Gasteiger partial charge in [0.25, 0.3) is 5.91 Å². The quantitative estimate of drug-likeness (QED) is 0.556. The summed E-state index contributed by atoms with van der Waals surface area (Å²) in [5, 5.41) is 0.918. The summed E-state index contributed by atoms with van der Waals surface area (Å²) < 4.78 is 15.8. The number of carbonyl (C=O) groups excluding carboxylic acids is 1. The van der Waals surface area contributed by atoms with Gasteiger partial charge in [-0.05, 0) is 60.5 Å². The lowest BCUT2D eigenvalue weighted by Gasteiger charge is -2.37. The minimum Gasteiger partial charge on any atom is -0.348 e. The van der Waals surface area contributed by atoms with Crippen molar-refractivity contribution in [3.63, 3.8) is 0 Å². The largest absolute Gasteiger partial charge is 0.348 e. The van der Waals surface area contributed by atoms with Crippen LogP contribution in [0.1, 0.15) is 33.2 Å². The van der Waals surface area contributed by atoms with Gasteiger partial charge in [0.15, 0.2) is 0 Å². The highest BCUT2D eigenvalue weighted by molar-refractivity contribution is 6.42. The molecule has 1 amide bonds. The fourth-order valence-corrected chi connectivity index (χ4v) is 3.89. The first-order valence-corrected chi connectivity index (χ1v) is 9.38. The molecule has 2 heterocycles. The molecule has 1 atom stereocenters. The van der Waals surface area contributed by atoms with Crippen LogP contribution in [-0.4, -0.2) is 21.9 Å². The number of rotatable bonds is 2. The summed E-state index contributed by atoms with van der Waals surface area (Å²) in [7, 11) is 0. The molecule has 138 valence electrons. The van der Waals surface area contributed by atoms with Gasteiger partial charge in [-0.15, -0.1) is 0 Å². The smallest absolute Gasteiger partial charge is 0.254 e. The molecule has 2 aromatic carbocycles. The fourth-order valence-electron chi connectivity index (χ4n) is 3.58. The lowest BCUT2D eigenvalue weighted by molar-refractivity contribution is 0.0664. The van der Waals surface area contributed by atoms with Gasteiger partial charge in [0.05, 0.1) is 16.1 Å². The van der Waals surface area contributed by atoms with Crippen molar-refractivity contribution in [2.75, 3.05) is 6.54 Å². The van der Waals surface area contributed by atoms with Gasteiger partial charge in [0, 0.05) is 30.5 Å². The fraction of sp³-hybridized carbons (Fsp3) is 0.190. The van der Waals surface area contributed by atoms with E-state index in [0.29, 0.717) is 34.3 Å². The van der Waals surface area contributed by atoms with Gasteiger partial charge in [0.1, 0.15) is 5.82 Å². The molecule has 3 nitrogen and oxygen atoms in total. The summed E-state index contributed by atoms with van der Waals surface area (Å²) in [4.78, 5) is 15.1. The Bertz CT molecular complexity index is 1030. The van der Waals surface area contributed by atoms with Crippen LogP contribution in [0.2, 0.25) is 10.0 Å². The molecule has 0 unspecified atom stereocenters. The molecule has 0 N–H and O–H groups in total. The van der Waals surface area contributed by atoms with E-state index < -0.39 is 0 Å². The Morgan fingerprint density at radius 1 is 1.07 bits per heavy atom. The van der Waals surface area contributed by atoms with E-state index in [9.17, 15) is 9.18 Å². The Labute approximate surface area is 166 Å². The molecule has 27 heavy (non-hydrogen) atoms. The van der Waals surface area contributed by atoms with Crippen LogP contribution in [0, 0.1) is 12.7 Å². The van der Waals surface area contributed by atoms with E-state index in [0.717, 1.165) is 11.3 Å². The van der Waals surface area contributed by atoms with Crippen LogP contribution >= 0.6 is 23.2 Å². The summed E-state index contributed by atoms with van der Waals surface area (Å²) in [6.07, 6.45) is 2.00. The standard InChI is InChI=1S/C21H17Cl2FN2O/c1-13-11-15(5-7-18(13)24)21(27)26-10-9-25-8-2-3-19(25)20(26)14-4-6-16(22)17(23)12-14/h2-8,11-12,20H,9-10H2,1H3/t20-/m0/s1. The average Bonchev–Trinajstić information content (AvgIpc) is 3.13. The predicted octanol–water partition coefficient (Wildman–Crippen LogP) is 5.49. The number of aromatic nitrogens is 1. The van der Waals surface area contributed by atoms with E-state index in [1.165, 1.54) is 12.1 Å². The van der Waals surface area contributed by atoms with Crippen molar-refractivity contribution in [3.05, 3.63) is 93.0 Å². The zero-order chi connectivity index (χ0) is 19.1. The van der Waals surface area contributed by atoms with Crippen LogP contribution in [0.25, 0.3) is 0 Å². The van der Waals surface area contributed by atoms with Gasteiger partial charge < -0.3 is 9.47 Å². The first-order valence-electron chi connectivity index (χ1n) is 8.63. The molecule has 0 saturated heterocycles. The minimum absolute atomic E-state index is 0.137. The van der Waals surface area contributed by atoms with Gasteiger partial charge in [-0.1, -0.05) is 29.3 Å². The van der Waals surface area contributed by atoms with Crippen molar-refractivity contribution in [2.24, 2.45) is 0 Å². The van der Waals surface area contributed by atoms with Crippen LogP contribution in [0.5, 0.6) is 0 Å². The number of hydrogen-bond donors (Lipinski definition) is 0. The molecular formula is C21H17Cl2FN2O. The van der Waals surface area contributed by atoms with Gasteiger partial charge in [-0.3, -0.25) is 4.79 Å². The topological polar surface area (TPSA) is 25.2 Å². The van der Waals surface area contributed by atoms with Crippen molar-refractivity contribution < 1.29 is 9.18 Å². The average molecular weight is 403 g/mol. The van der Waals surface area contributed by atoms with Crippen LogP contribution < -0.4 is 0 Å². The van der Waals surface area contributed by atoms with Gasteiger partial charge >= 0.3 is 0 Å². The molecule has 0 fully saturated rings. The highest BCUT2D eigenvalue weighted by Crippen LogP contribution is 2.36. The van der Waals surface area contributed by atoms with E-state index in [1.807, 2.05) is 29.3 Å². The van der Waals surface area contributed by atoms with Crippen molar-refractivity contribution in [2.45, 2.75) is 19.5 Å². The first-order chi connectivity index (χ1) is 13.0. The third kappa shape index (κ3) is 3.24. The molecule has 3 aromatic rings. The summed E-state index contributed by atoms with van der Waals surface area (Å²) in [5.41, 5.74) is 2.81. The lowest BCUT2D eigenvalue weighted by Crippen LogP contribution is -2.42. The number of benzene rings is 2.